The Morgan fingerprint density at radius 1 is 0.963 bits per heavy atom. The van der Waals surface area contributed by atoms with Crippen molar-refractivity contribution in [1.82, 2.24) is 15.6 Å². The molecule has 6 heteroatoms. The Kier molecular flexibility index (Phi) is 6.35. The van der Waals surface area contributed by atoms with Crippen LogP contribution >= 0.6 is 0 Å². The number of amides is 2. The highest BCUT2D eigenvalue weighted by molar-refractivity contribution is 5.98. The molecule has 0 unspecified atom stereocenters. The molecule has 2 amide bonds. The van der Waals surface area contributed by atoms with Crippen LogP contribution in [0.3, 0.4) is 0 Å². The van der Waals surface area contributed by atoms with Gasteiger partial charge in [-0.05, 0) is 42.7 Å². The second-order valence-electron chi connectivity index (χ2n) is 6.04. The van der Waals surface area contributed by atoms with E-state index in [1.54, 1.807) is 24.5 Å². The SMILES string of the molecule is O=C(NCCCc1ccccc1)c1ccnc(C(=O)NCc2ccco2)c1. The molecule has 0 aliphatic rings. The Morgan fingerprint density at radius 3 is 2.59 bits per heavy atom. The van der Waals surface area contributed by atoms with E-state index in [1.165, 1.54) is 17.8 Å². The van der Waals surface area contributed by atoms with Gasteiger partial charge in [-0.3, -0.25) is 14.6 Å². The molecule has 138 valence electrons. The van der Waals surface area contributed by atoms with E-state index in [1.807, 2.05) is 18.2 Å². The quantitative estimate of drug-likeness (QED) is 0.603. The van der Waals surface area contributed by atoms with E-state index in [0.29, 0.717) is 17.9 Å². The Balaban J connectivity index is 1.48. The van der Waals surface area contributed by atoms with E-state index >= 15 is 0 Å². The van der Waals surface area contributed by atoms with E-state index < -0.39 is 0 Å². The summed E-state index contributed by atoms with van der Waals surface area (Å²) in [5.41, 5.74) is 1.84. The van der Waals surface area contributed by atoms with Crippen LogP contribution in [0.5, 0.6) is 0 Å². The van der Waals surface area contributed by atoms with Gasteiger partial charge in [-0.15, -0.1) is 0 Å². The number of hydrogen-bond donors (Lipinski definition) is 2. The van der Waals surface area contributed by atoms with Crippen LogP contribution < -0.4 is 10.6 Å². The molecule has 0 saturated heterocycles. The maximum Gasteiger partial charge on any atom is 0.270 e. The maximum atomic E-state index is 12.3. The van der Waals surface area contributed by atoms with Crippen molar-refractivity contribution in [1.29, 1.82) is 0 Å². The minimum atomic E-state index is -0.356. The lowest BCUT2D eigenvalue weighted by Crippen LogP contribution is -2.27. The van der Waals surface area contributed by atoms with E-state index in [-0.39, 0.29) is 24.1 Å². The molecule has 0 spiro atoms. The van der Waals surface area contributed by atoms with Gasteiger partial charge < -0.3 is 15.1 Å². The number of benzene rings is 1. The fourth-order valence-corrected chi connectivity index (χ4v) is 2.61. The van der Waals surface area contributed by atoms with Gasteiger partial charge in [0.25, 0.3) is 11.8 Å². The second-order valence-corrected chi connectivity index (χ2v) is 6.04. The molecule has 0 atom stereocenters. The zero-order chi connectivity index (χ0) is 18.9. The van der Waals surface area contributed by atoms with Crippen molar-refractivity contribution in [2.45, 2.75) is 19.4 Å². The Labute approximate surface area is 157 Å². The molecular weight excluding hydrogens is 342 g/mol. The summed E-state index contributed by atoms with van der Waals surface area (Å²) in [4.78, 5) is 28.5. The molecule has 6 nitrogen and oxygen atoms in total. The number of pyridine rings is 1. The standard InChI is InChI=1S/C21H21N3O3/c25-20(23-11-4-8-16-6-2-1-3-7-16)17-10-12-22-19(14-17)21(26)24-15-18-9-5-13-27-18/h1-3,5-7,9-10,12-14H,4,8,11,15H2,(H,23,25)(H,24,26). The van der Waals surface area contributed by atoms with Crippen LogP contribution in [-0.2, 0) is 13.0 Å². The molecule has 0 saturated carbocycles. The van der Waals surface area contributed by atoms with Crippen LogP contribution in [0.1, 0.15) is 38.6 Å². The number of hydrogen-bond acceptors (Lipinski definition) is 4. The van der Waals surface area contributed by atoms with Crippen LogP contribution in [0.4, 0.5) is 0 Å². The van der Waals surface area contributed by atoms with Crippen LogP contribution in [0, 0.1) is 0 Å². The monoisotopic (exact) mass is 363 g/mol. The molecule has 0 bridgehead atoms. The summed E-state index contributed by atoms with van der Waals surface area (Å²) in [6.45, 7) is 0.833. The van der Waals surface area contributed by atoms with Crippen molar-refractivity contribution in [3.63, 3.8) is 0 Å². The molecule has 3 aromatic rings. The number of rotatable bonds is 8. The highest BCUT2D eigenvalue weighted by Crippen LogP contribution is 2.05. The lowest BCUT2D eigenvalue weighted by atomic mass is 10.1. The fourth-order valence-electron chi connectivity index (χ4n) is 2.61. The lowest BCUT2D eigenvalue weighted by molar-refractivity contribution is 0.0943. The number of furan rings is 1. The third-order valence-corrected chi connectivity index (χ3v) is 4.03. The number of carbonyl (C=O) groups excluding carboxylic acids is 2. The van der Waals surface area contributed by atoms with Gasteiger partial charge in [0.15, 0.2) is 0 Å². The number of aryl methyl sites for hydroxylation is 1. The Bertz CT molecular complexity index is 877. The van der Waals surface area contributed by atoms with Crippen LogP contribution in [-0.4, -0.2) is 23.3 Å². The highest BCUT2D eigenvalue weighted by atomic mass is 16.3. The molecule has 0 aliphatic heterocycles. The third kappa shape index (κ3) is 5.54. The Morgan fingerprint density at radius 2 is 1.81 bits per heavy atom. The van der Waals surface area contributed by atoms with Crippen LogP contribution in [0.25, 0.3) is 0 Å². The summed E-state index contributed by atoms with van der Waals surface area (Å²) in [7, 11) is 0. The van der Waals surface area contributed by atoms with Crippen molar-refractivity contribution in [3.8, 4) is 0 Å². The normalized spacial score (nSPS) is 10.4. The molecule has 3 rings (SSSR count). The molecular formula is C21H21N3O3. The van der Waals surface area contributed by atoms with Crippen molar-refractivity contribution in [2.24, 2.45) is 0 Å². The van der Waals surface area contributed by atoms with Gasteiger partial charge in [0.2, 0.25) is 0 Å². The number of nitrogens with one attached hydrogen (secondary N) is 2. The molecule has 0 aliphatic carbocycles. The fraction of sp³-hybridized carbons (Fsp3) is 0.190. The number of carbonyl (C=O) groups is 2. The van der Waals surface area contributed by atoms with Gasteiger partial charge in [0.1, 0.15) is 11.5 Å². The summed E-state index contributed by atoms with van der Waals surface area (Å²) in [5, 5.41) is 5.59. The van der Waals surface area contributed by atoms with Crippen molar-refractivity contribution >= 4 is 11.8 Å². The van der Waals surface area contributed by atoms with E-state index in [2.05, 4.69) is 27.8 Å². The van der Waals surface area contributed by atoms with Gasteiger partial charge in [0, 0.05) is 18.3 Å². The molecule has 2 aromatic heterocycles. The summed E-state index contributed by atoms with van der Waals surface area (Å²) in [6, 6.07) is 16.7. The lowest BCUT2D eigenvalue weighted by Gasteiger charge is -2.07. The van der Waals surface area contributed by atoms with E-state index in [4.69, 9.17) is 4.42 Å². The zero-order valence-corrected chi connectivity index (χ0v) is 14.9. The predicted molar refractivity (Wildman–Crippen MR) is 101 cm³/mol. The molecule has 1 aromatic carbocycles. The van der Waals surface area contributed by atoms with Crippen molar-refractivity contribution < 1.29 is 14.0 Å². The number of nitrogens with zero attached hydrogens (tertiary/aromatic N) is 1. The first-order valence-electron chi connectivity index (χ1n) is 8.81. The number of aromatic nitrogens is 1. The topological polar surface area (TPSA) is 84.2 Å². The average molecular weight is 363 g/mol. The minimum Gasteiger partial charge on any atom is -0.467 e. The first-order chi connectivity index (χ1) is 13.2. The van der Waals surface area contributed by atoms with E-state index in [9.17, 15) is 9.59 Å². The van der Waals surface area contributed by atoms with Crippen molar-refractivity contribution in [2.75, 3.05) is 6.54 Å². The summed E-state index contributed by atoms with van der Waals surface area (Å²) >= 11 is 0. The Hall–Kier alpha value is -3.41. The molecule has 27 heavy (non-hydrogen) atoms. The highest BCUT2D eigenvalue weighted by Gasteiger charge is 2.12. The first-order valence-corrected chi connectivity index (χ1v) is 8.81. The second kappa shape index (κ2) is 9.33. The summed E-state index contributed by atoms with van der Waals surface area (Å²) in [5.74, 6) is 0.0753. The summed E-state index contributed by atoms with van der Waals surface area (Å²) < 4.78 is 5.17. The van der Waals surface area contributed by atoms with Gasteiger partial charge in [-0.1, -0.05) is 30.3 Å². The minimum absolute atomic E-state index is 0.193. The van der Waals surface area contributed by atoms with E-state index in [0.717, 1.165) is 12.8 Å². The maximum absolute atomic E-state index is 12.3. The van der Waals surface area contributed by atoms with Crippen LogP contribution in [0.15, 0.2) is 71.5 Å². The molecule has 0 fully saturated rings. The largest absolute Gasteiger partial charge is 0.467 e. The average Bonchev–Trinajstić information content (AvgIpc) is 3.24. The summed E-state index contributed by atoms with van der Waals surface area (Å²) in [6.07, 6.45) is 4.75. The van der Waals surface area contributed by atoms with Crippen molar-refractivity contribution in [3.05, 3.63) is 89.6 Å². The van der Waals surface area contributed by atoms with Gasteiger partial charge >= 0.3 is 0 Å². The smallest absolute Gasteiger partial charge is 0.270 e. The van der Waals surface area contributed by atoms with Gasteiger partial charge in [-0.2, -0.15) is 0 Å². The molecule has 2 N–H and O–H groups in total. The third-order valence-electron chi connectivity index (χ3n) is 4.03. The van der Waals surface area contributed by atoms with Crippen LogP contribution in [0.2, 0.25) is 0 Å². The molecule has 2 heterocycles. The predicted octanol–water partition coefficient (Wildman–Crippen LogP) is 2.97. The zero-order valence-electron chi connectivity index (χ0n) is 14.9. The van der Waals surface area contributed by atoms with Gasteiger partial charge in [0.05, 0.1) is 12.8 Å². The van der Waals surface area contributed by atoms with Gasteiger partial charge in [-0.25, -0.2) is 0 Å². The first kappa shape index (κ1) is 18.4. The molecule has 0 radical (unpaired) electrons.